The van der Waals surface area contributed by atoms with Gasteiger partial charge in [0.25, 0.3) is 0 Å². The van der Waals surface area contributed by atoms with E-state index in [2.05, 4.69) is 0 Å². The second kappa shape index (κ2) is 7.59. The van der Waals surface area contributed by atoms with Gasteiger partial charge in [-0.15, -0.1) is 0 Å². The monoisotopic (exact) mass is 305 g/mol. The Balaban J connectivity index is 1.82. The molecule has 118 valence electrons. The van der Waals surface area contributed by atoms with Gasteiger partial charge in [-0.05, 0) is 19.3 Å². The number of amides is 1. The summed E-state index contributed by atoms with van der Waals surface area (Å²) in [5.74, 6) is -0.810. The van der Waals surface area contributed by atoms with Crippen LogP contribution in [0.2, 0.25) is 0 Å². The first-order chi connectivity index (χ1) is 10.6. The molecule has 6 heteroatoms. The van der Waals surface area contributed by atoms with Crippen LogP contribution in [-0.2, 0) is 9.53 Å². The molecule has 6 nitrogen and oxygen atoms in total. The SMILES string of the molecule is O=C(C[C@@H]1CCCCN1C(=O)O)OCC(=O)c1ccccc1. The molecular formula is C16H19NO5. The van der Waals surface area contributed by atoms with Crippen LogP contribution >= 0.6 is 0 Å². The molecule has 0 spiro atoms. The van der Waals surface area contributed by atoms with Gasteiger partial charge in [0, 0.05) is 18.2 Å². The quantitative estimate of drug-likeness (QED) is 0.666. The van der Waals surface area contributed by atoms with Crippen molar-refractivity contribution in [2.45, 2.75) is 31.7 Å². The number of likely N-dealkylation sites (tertiary alicyclic amines) is 1. The maximum absolute atomic E-state index is 11.8. The summed E-state index contributed by atoms with van der Waals surface area (Å²) in [5, 5.41) is 9.11. The Morgan fingerprint density at radius 2 is 1.91 bits per heavy atom. The summed E-state index contributed by atoms with van der Waals surface area (Å²) in [5.41, 5.74) is 0.486. The highest BCUT2D eigenvalue weighted by Gasteiger charge is 2.28. The van der Waals surface area contributed by atoms with Crippen LogP contribution < -0.4 is 0 Å². The van der Waals surface area contributed by atoms with Crippen molar-refractivity contribution >= 4 is 17.8 Å². The van der Waals surface area contributed by atoms with Gasteiger partial charge in [0.2, 0.25) is 0 Å². The third kappa shape index (κ3) is 4.31. The molecule has 1 aromatic rings. The standard InChI is InChI=1S/C16H19NO5/c18-14(12-6-2-1-3-7-12)11-22-15(19)10-13-8-4-5-9-17(13)16(20)21/h1-3,6-7,13H,4-5,8-11H2,(H,20,21)/t13-/m0/s1. The smallest absolute Gasteiger partial charge is 0.407 e. The molecule has 0 aromatic heterocycles. The van der Waals surface area contributed by atoms with E-state index in [9.17, 15) is 14.4 Å². The highest BCUT2D eigenvalue weighted by Crippen LogP contribution is 2.20. The fourth-order valence-electron chi connectivity index (χ4n) is 2.57. The van der Waals surface area contributed by atoms with E-state index in [1.54, 1.807) is 30.3 Å². The number of esters is 1. The average molecular weight is 305 g/mol. The zero-order valence-corrected chi connectivity index (χ0v) is 12.2. The van der Waals surface area contributed by atoms with Gasteiger partial charge in [-0.25, -0.2) is 4.79 Å². The Bertz CT molecular complexity index is 543. The van der Waals surface area contributed by atoms with Crippen LogP contribution in [0, 0.1) is 0 Å². The van der Waals surface area contributed by atoms with Gasteiger partial charge in [0.1, 0.15) is 0 Å². The summed E-state index contributed by atoms with van der Waals surface area (Å²) < 4.78 is 4.98. The lowest BCUT2D eigenvalue weighted by molar-refractivity contribution is -0.144. The van der Waals surface area contributed by atoms with E-state index in [1.807, 2.05) is 0 Å². The van der Waals surface area contributed by atoms with Crippen molar-refractivity contribution in [2.75, 3.05) is 13.2 Å². The molecule has 1 atom stereocenters. The lowest BCUT2D eigenvalue weighted by Gasteiger charge is -2.32. The van der Waals surface area contributed by atoms with Crippen LogP contribution in [0.15, 0.2) is 30.3 Å². The summed E-state index contributed by atoms with van der Waals surface area (Å²) in [7, 11) is 0. The van der Waals surface area contributed by atoms with E-state index < -0.39 is 12.1 Å². The number of carboxylic acid groups (broad SMARTS) is 1. The van der Waals surface area contributed by atoms with E-state index >= 15 is 0 Å². The van der Waals surface area contributed by atoms with E-state index in [1.165, 1.54) is 4.90 Å². The third-order valence-corrected chi connectivity index (χ3v) is 3.74. The van der Waals surface area contributed by atoms with Gasteiger partial charge in [-0.1, -0.05) is 30.3 Å². The lowest BCUT2D eigenvalue weighted by atomic mass is 10.00. The van der Waals surface area contributed by atoms with Gasteiger partial charge < -0.3 is 14.7 Å². The van der Waals surface area contributed by atoms with Crippen molar-refractivity contribution in [1.82, 2.24) is 4.90 Å². The summed E-state index contributed by atoms with van der Waals surface area (Å²) in [6.45, 7) is 0.124. The molecule has 0 saturated carbocycles. The van der Waals surface area contributed by atoms with Gasteiger partial charge in [0.05, 0.1) is 6.42 Å². The number of ketones is 1. The van der Waals surface area contributed by atoms with Crippen molar-refractivity contribution < 1.29 is 24.2 Å². The predicted octanol–water partition coefficient (Wildman–Crippen LogP) is 2.34. The van der Waals surface area contributed by atoms with Crippen molar-refractivity contribution in [3.05, 3.63) is 35.9 Å². The van der Waals surface area contributed by atoms with E-state index in [4.69, 9.17) is 9.84 Å². The number of carbonyl (C=O) groups is 3. The molecule has 1 N–H and O–H groups in total. The van der Waals surface area contributed by atoms with E-state index in [-0.39, 0.29) is 24.9 Å². The highest BCUT2D eigenvalue weighted by atomic mass is 16.5. The highest BCUT2D eigenvalue weighted by molar-refractivity contribution is 5.97. The van der Waals surface area contributed by atoms with Gasteiger partial charge in [0.15, 0.2) is 12.4 Å². The third-order valence-electron chi connectivity index (χ3n) is 3.74. The van der Waals surface area contributed by atoms with Crippen LogP contribution in [0.4, 0.5) is 4.79 Å². The number of ether oxygens (including phenoxy) is 1. The summed E-state index contributed by atoms with van der Waals surface area (Å²) in [6, 6.07) is 8.23. The number of piperidine rings is 1. The van der Waals surface area contributed by atoms with Crippen molar-refractivity contribution in [2.24, 2.45) is 0 Å². The fraction of sp³-hybridized carbons (Fsp3) is 0.438. The molecule has 0 unspecified atom stereocenters. The van der Waals surface area contributed by atoms with Crippen LogP contribution in [0.5, 0.6) is 0 Å². The topological polar surface area (TPSA) is 83.9 Å². The Hall–Kier alpha value is -2.37. The maximum Gasteiger partial charge on any atom is 0.407 e. The first-order valence-corrected chi connectivity index (χ1v) is 7.31. The molecular weight excluding hydrogens is 286 g/mol. The van der Waals surface area contributed by atoms with Crippen LogP contribution in [0.3, 0.4) is 0 Å². The zero-order chi connectivity index (χ0) is 15.9. The first kappa shape index (κ1) is 16.0. The van der Waals surface area contributed by atoms with Crippen LogP contribution in [-0.4, -0.2) is 47.0 Å². The molecule has 2 rings (SSSR count). The molecule has 1 fully saturated rings. The number of nitrogens with zero attached hydrogens (tertiary/aromatic N) is 1. The first-order valence-electron chi connectivity index (χ1n) is 7.31. The zero-order valence-electron chi connectivity index (χ0n) is 12.2. The molecule has 0 radical (unpaired) electrons. The van der Waals surface area contributed by atoms with Gasteiger partial charge in [-0.2, -0.15) is 0 Å². The number of rotatable bonds is 5. The molecule has 1 aromatic carbocycles. The minimum Gasteiger partial charge on any atom is -0.465 e. The largest absolute Gasteiger partial charge is 0.465 e. The number of carbonyl (C=O) groups excluding carboxylic acids is 2. The average Bonchev–Trinajstić information content (AvgIpc) is 2.53. The Labute approximate surface area is 128 Å². The molecule has 1 aliphatic heterocycles. The molecule has 1 saturated heterocycles. The minimum atomic E-state index is -1.02. The number of hydrogen-bond acceptors (Lipinski definition) is 4. The molecule has 22 heavy (non-hydrogen) atoms. The van der Waals surface area contributed by atoms with Gasteiger partial charge in [-0.3, -0.25) is 9.59 Å². The molecule has 0 bridgehead atoms. The van der Waals surface area contributed by atoms with E-state index in [0.717, 1.165) is 12.8 Å². The van der Waals surface area contributed by atoms with Crippen LogP contribution in [0.25, 0.3) is 0 Å². The van der Waals surface area contributed by atoms with Crippen molar-refractivity contribution in [3.8, 4) is 0 Å². The lowest BCUT2D eigenvalue weighted by Crippen LogP contribution is -2.44. The van der Waals surface area contributed by atoms with Crippen LogP contribution in [0.1, 0.15) is 36.0 Å². The Morgan fingerprint density at radius 1 is 1.18 bits per heavy atom. The van der Waals surface area contributed by atoms with Crippen molar-refractivity contribution in [3.63, 3.8) is 0 Å². The predicted molar refractivity (Wildman–Crippen MR) is 78.7 cm³/mol. The molecule has 1 aliphatic rings. The molecule has 0 aliphatic carbocycles. The number of hydrogen-bond donors (Lipinski definition) is 1. The summed E-state index contributed by atoms with van der Waals surface area (Å²) >= 11 is 0. The Kier molecular flexibility index (Phi) is 5.52. The summed E-state index contributed by atoms with van der Waals surface area (Å²) in [6.07, 6.45) is 1.33. The Morgan fingerprint density at radius 3 is 2.59 bits per heavy atom. The maximum atomic E-state index is 11.8. The normalized spacial score (nSPS) is 17.8. The second-order valence-electron chi connectivity index (χ2n) is 5.28. The molecule has 1 amide bonds. The van der Waals surface area contributed by atoms with Gasteiger partial charge >= 0.3 is 12.1 Å². The minimum absolute atomic E-state index is 0.00559. The van der Waals surface area contributed by atoms with E-state index in [0.29, 0.717) is 18.5 Å². The number of benzene rings is 1. The fourth-order valence-corrected chi connectivity index (χ4v) is 2.57. The molecule has 1 heterocycles. The number of Topliss-reactive ketones (excluding diaryl/α,β-unsaturated/α-hetero) is 1. The summed E-state index contributed by atoms with van der Waals surface area (Å²) in [4.78, 5) is 36.1. The second-order valence-corrected chi connectivity index (χ2v) is 5.28. The van der Waals surface area contributed by atoms with Crippen molar-refractivity contribution in [1.29, 1.82) is 0 Å².